The second-order valence-corrected chi connectivity index (χ2v) is 6.77. The molecule has 27 heavy (non-hydrogen) atoms. The molecule has 3 heterocycles. The molecule has 136 valence electrons. The maximum absolute atomic E-state index is 9.34. The van der Waals surface area contributed by atoms with Crippen molar-refractivity contribution in [1.29, 1.82) is 0 Å². The van der Waals surface area contributed by atoms with Gasteiger partial charge in [0.25, 0.3) is 0 Å². The molecule has 0 radical (unpaired) electrons. The number of fused-ring (bicyclic) bond motifs is 1. The number of nitrogen functional groups attached to an aromatic ring is 1. The van der Waals surface area contributed by atoms with Gasteiger partial charge in [0.05, 0.1) is 12.2 Å². The third kappa shape index (κ3) is 3.04. The van der Waals surface area contributed by atoms with Crippen LogP contribution in [0.1, 0.15) is 31.0 Å². The minimum absolute atomic E-state index is 0.00309. The molecule has 0 saturated heterocycles. The standard InChI is InChI=1S/C21H21N5O/c1-13(2)17-9-10-18-21(24-17)26(15-7-5-14(12-27)6-8-15)20(25-18)16-4-3-11-23-19(16)22/h3-11,13,27H,12H2,1-2H3,(H2,22,23). The highest BCUT2D eigenvalue weighted by Crippen LogP contribution is 2.31. The normalized spacial score (nSPS) is 11.4. The number of aromatic nitrogens is 4. The summed E-state index contributed by atoms with van der Waals surface area (Å²) in [5.74, 6) is 1.42. The fourth-order valence-corrected chi connectivity index (χ4v) is 3.08. The van der Waals surface area contributed by atoms with E-state index in [-0.39, 0.29) is 6.61 Å². The third-order valence-electron chi connectivity index (χ3n) is 4.57. The third-order valence-corrected chi connectivity index (χ3v) is 4.57. The van der Waals surface area contributed by atoms with Gasteiger partial charge in [-0.15, -0.1) is 0 Å². The van der Waals surface area contributed by atoms with Crippen LogP contribution < -0.4 is 5.73 Å². The molecule has 0 atom stereocenters. The molecule has 0 unspecified atom stereocenters. The van der Waals surface area contributed by atoms with Crippen molar-refractivity contribution in [1.82, 2.24) is 19.5 Å². The highest BCUT2D eigenvalue weighted by atomic mass is 16.3. The number of rotatable bonds is 4. The Balaban J connectivity index is 2.03. The molecule has 0 spiro atoms. The van der Waals surface area contributed by atoms with Crippen molar-refractivity contribution in [2.24, 2.45) is 0 Å². The molecule has 0 fully saturated rings. The van der Waals surface area contributed by atoms with Crippen molar-refractivity contribution in [3.63, 3.8) is 0 Å². The van der Waals surface area contributed by atoms with Crippen LogP contribution in [0.15, 0.2) is 54.7 Å². The Bertz CT molecular complexity index is 1100. The molecule has 3 N–H and O–H groups in total. The Morgan fingerprint density at radius 2 is 1.81 bits per heavy atom. The summed E-state index contributed by atoms with van der Waals surface area (Å²) >= 11 is 0. The Morgan fingerprint density at radius 3 is 2.48 bits per heavy atom. The van der Waals surface area contributed by atoms with Gasteiger partial charge in [-0.05, 0) is 47.9 Å². The maximum Gasteiger partial charge on any atom is 0.165 e. The van der Waals surface area contributed by atoms with E-state index in [0.717, 1.165) is 33.7 Å². The number of pyridine rings is 2. The smallest absolute Gasteiger partial charge is 0.165 e. The van der Waals surface area contributed by atoms with Gasteiger partial charge in [0, 0.05) is 17.6 Å². The molecule has 3 aromatic heterocycles. The number of hydrogen-bond donors (Lipinski definition) is 2. The Morgan fingerprint density at radius 1 is 1.04 bits per heavy atom. The molecule has 0 aliphatic carbocycles. The number of aliphatic hydroxyl groups excluding tert-OH is 1. The molecule has 1 aromatic carbocycles. The summed E-state index contributed by atoms with van der Waals surface area (Å²) in [5.41, 5.74) is 11.2. The molecule has 0 bridgehead atoms. The lowest BCUT2D eigenvalue weighted by atomic mass is 10.1. The minimum atomic E-state index is 0.00309. The van der Waals surface area contributed by atoms with Gasteiger partial charge >= 0.3 is 0 Å². The fourth-order valence-electron chi connectivity index (χ4n) is 3.08. The van der Waals surface area contributed by atoms with E-state index in [9.17, 15) is 5.11 Å². The Kier molecular flexibility index (Phi) is 4.33. The predicted molar refractivity (Wildman–Crippen MR) is 107 cm³/mol. The monoisotopic (exact) mass is 359 g/mol. The fraction of sp³-hybridized carbons (Fsp3) is 0.190. The van der Waals surface area contributed by atoms with Gasteiger partial charge in [-0.1, -0.05) is 26.0 Å². The van der Waals surface area contributed by atoms with Gasteiger partial charge in [0.15, 0.2) is 11.5 Å². The van der Waals surface area contributed by atoms with E-state index in [1.165, 1.54) is 0 Å². The summed E-state index contributed by atoms with van der Waals surface area (Å²) in [4.78, 5) is 13.9. The van der Waals surface area contributed by atoms with E-state index in [2.05, 4.69) is 18.8 Å². The first-order valence-electron chi connectivity index (χ1n) is 8.89. The molecular formula is C21H21N5O. The summed E-state index contributed by atoms with van der Waals surface area (Å²) in [6.45, 7) is 4.24. The molecule has 4 aromatic rings. The molecule has 0 aliphatic heterocycles. The molecule has 0 aliphatic rings. The first kappa shape index (κ1) is 17.2. The van der Waals surface area contributed by atoms with E-state index in [1.807, 2.05) is 53.1 Å². The van der Waals surface area contributed by atoms with Crippen molar-refractivity contribution in [2.75, 3.05) is 5.73 Å². The van der Waals surface area contributed by atoms with Crippen LogP contribution >= 0.6 is 0 Å². The van der Waals surface area contributed by atoms with Crippen molar-refractivity contribution >= 4 is 17.0 Å². The van der Waals surface area contributed by atoms with E-state index in [1.54, 1.807) is 6.20 Å². The van der Waals surface area contributed by atoms with Gasteiger partial charge in [0.1, 0.15) is 11.3 Å². The van der Waals surface area contributed by atoms with Gasteiger partial charge in [-0.25, -0.2) is 15.0 Å². The maximum atomic E-state index is 9.34. The number of hydrogen-bond acceptors (Lipinski definition) is 5. The van der Waals surface area contributed by atoms with Crippen molar-refractivity contribution < 1.29 is 5.11 Å². The topological polar surface area (TPSA) is 89.8 Å². The molecule has 0 amide bonds. The van der Waals surface area contributed by atoms with E-state index >= 15 is 0 Å². The summed E-state index contributed by atoms with van der Waals surface area (Å²) in [7, 11) is 0. The van der Waals surface area contributed by atoms with Crippen LogP contribution in [0, 0.1) is 0 Å². The lowest BCUT2D eigenvalue weighted by molar-refractivity contribution is 0.282. The second kappa shape index (κ2) is 6.81. The van der Waals surface area contributed by atoms with Gasteiger partial charge in [0.2, 0.25) is 0 Å². The molecular weight excluding hydrogens is 338 g/mol. The lowest BCUT2D eigenvalue weighted by Crippen LogP contribution is -2.03. The van der Waals surface area contributed by atoms with Crippen LogP contribution in [-0.4, -0.2) is 24.6 Å². The average Bonchev–Trinajstić information content (AvgIpc) is 3.06. The van der Waals surface area contributed by atoms with Crippen LogP contribution in [0.4, 0.5) is 5.82 Å². The van der Waals surface area contributed by atoms with Crippen LogP contribution in [0.2, 0.25) is 0 Å². The average molecular weight is 359 g/mol. The van der Waals surface area contributed by atoms with Crippen molar-refractivity contribution in [2.45, 2.75) is 26.4 Å². The number of nitrogens with zero attached hydrogens (tertiary/aromatic N) is 4. The second-order valence-electron chi connectivity index (χ2n) is 6.77. The number of benzene rings is 1. The summed E-state index contributed by atoms with van der Waals surface area (Å²) in [6.07, 6.45) is 1.66. The molecule has 6 heteroatoms. The van der Waals surface area contributed by atoms with Gasteiger partial charge in [-0.2, -0.15) is 0 Å². The quantitative estimate of drug-likeness (QED) is 0.580. The summed E-state index contributed by atoms with van der Waals surface area (Å²) in [6, 6.07) is 15.4. The van der Waals surface area contributed by atoms with Crippen LogP contribution in [0.5, 0.6) is 0 Å². The summed E-state index contributed by atoms with van der Waals surface area (Å²) in [5, 5.41) is 9.34. The Hall–Kier alpha value is -3.25. The first-order valence-corrected chi connectivity index (χ1v) is 8.89. The molecule has 0 saturated carbocycles. The van der Waals surface area contributed by atoms with Crippen LogP contribution in [-0.2, 0) is 6.61 Å². The molecule has 6 nitrogen and oxygen atoms in total. The SMILES string of the molecule is CC(C)c1ccc2nc(-c3cccnc3N)n(-c3ccc(CO)cc3)c2n1. The highest BCUT2D eigenvalue weighted by Gasteiger charge is 2.18. The van der Waals surface area contributed by atoms with Crippen LogP contribution in [0.25, 0.3) is 28.2 Å². The predicted octanol–water partition coefficient (Wildman–Crippen LogP) is 3.68. The van der Waals surface area contributed by atoms with Crippen molar-refractivity contribution in [3.05, 3.63) is 66.0 Å². The number of nitrogens with two attached hydrogens (primary N) is 1. The van der Waals surface area contributed by atoms with Crippen LogP contribution in [0.3, 0.4) is 0 Å². The highest BCUT2D eigenvalue weighted by molar-refractivity contribution is 5.82. The summed E-state index contributed by atoms with van der Waals surface area (Å²) < 4.78 is 2.00. The molecule has 4 rings (SSSR count). The Labute approximate surface area is 157 Å². The first-order chi connectivity index (χ1) is 13.1. The van der Waals surface area contributed by atoms with E-state index in [4.69, 9.17) is 15.7 Å². The number of aliphatic hydroxyl groups is 1. The van der Waals surface area contributed by atoms with Crippen molar-refractivity contribution in [3.8, 4) is 17.1 Å². The van der Waals surface area contributed by atoms with E-state index in [0.29, 0.717) is 17.6 Å². The zero-order valence-electron chi connectivity index (χ0n) is 15.3. The lowest BCUT2D eigenvalue weighted by Gasteiger charge is -2.11. The zero-order valence-corrected chi connectivity index (χ0v) is 15.3. The van der Waals surface area contributed by atoms with Gasteiger partial charge < -0.3 is 10.8 Å². The largest absolute Gasteiger partial charge is 0.392 e. The number of anilines is 1. The van der Waals surface area contributed by atoms with Gasteiger partial charge in [-0.3, -0.25) is 4.57 Å². The zero-order chi connectivity index (χ0) is 19.0. The number of imidazole rings is 1. The minimum Gasteiger partial charge on any atom is -0.392 e. The van der Waals surface area contributed by atoms with E-state index < -0.39 is 0 Å².